The molecule has 0 aromatic carbocycles. The smallest absolute Gasteiger partial charge is 0.207 e. The molecule has 184 valence electrons. The van der Waals surface area contributed by atoms with Crippen LogP contribution in [0.2, 0.25) is 5.15 Å². The summed E-state index contributed by atoms with van der Waals surface area (Å²) >= 11 is 5.96. The maximum atomic E-state index is 9.97. The minimum atomic E-state index is -0.343. The van der Waals surface area contributed by atoms with Crippen LogP contribution in [0, 0.1) is 34.1 Å². The van der Waals surface area contributed by atoms with Crippen LogP contribution >= 0.6 is 11.6 Å². The monoisotopic (exact) mass is 491 g/mol. The van der Waals surface area contributed by atoms with Crippen molar-refractivity contribution in [2.24, 2.45) is 16.3 Å². The second-order valence-electron chi connectivity index (χ2n) is 12.0. The Balaban J connectivity index is 2.10. The number of aliphatic imine (C=N–C) groups is 1. The lowest BCUT2D eigenvalue weighted by Gasteiger charge is -2.53. The summed E-state index contributed by atoms with van der Waals surface area (Å²) in [7, 11) is 0. The van der Waals surface area contributed by atoms with Crippen molar-refractivity contribution >= 4 is 17.4 Å². The Morgan fingerprint density at radius 1 is 1.03 bits per heavy atom. The van der Waals surface area contributed by atoms with Crippen molar-refractivity contribution in [1.29, 1.82) is 10.5 Å². The van der Waals surface area contributed by atoms with Gasteiger partial charge in [0.15, 0.2) is 5.15 Å². The number of halogens is 1. The Kier molecular flexibility index (Phi) is 7.25. The molecule has 3 rings (SSSR count). The first kappa shape index (κ1) is 26.6. The molecular formula is C27H34ClN7. The predicted molar refractivity (Wildman–Crippen MR) is 138 cm³/mol. The van der Waals surface area contributed by atoms with E-state index in [4.69, 9.17) is 16.6 Å². The molecule has 0 amide bonds. The third-order valence-corrected chi connectivity index (χ3v) is 6.71. The summed E-state index contributed by atoms with van der Waals surface area (Å²) in [5.74, 6) is 0.876. The molecule has 0 aliphatic carbocycles. The highest BCUT2D eigenvalue weighted by atomic mass is 35.5. The van der Waals surface area contributed by atoms with Gasteiger partial charge in [-0.2, -0.15) is 20.6 Å². The van der Waals surface area contributed by atoms with Crippen LogP contribution in [0.5, 0.6) is 0 Å². The number of nitriles is 2. The number of aromatic nitrogens is 3. The maximum Gasteiger partial charge on any atom is 0.207 e. The number of amidine groups is 1. The molecule has 0 bridgehead atoms. The molecule has 2 aromatic heterocycles. The molecule has 1 fully saturated rings. The van der Waals surface area contributed by atoms with Crippen molar-refractivity contribution < 1.29 is 0 Å². The Hall–Kier alpha value is -3.03. The van der Waals surface area contributed by atoms with Crippen LogP contribution in [0.25, 0.3) is 0 Å². The van der Waals surface area contributed by atoms with E-state index in [1.807, 2.05) is 45.2 Å². The molecule has 2 atom stereocenters. The fraction of sp³-hybridized carbons (Fsp3) is 0.556. The maximum absolute atomic E-state index is 9.97. The van der Waals surface area contributed by atoms with Crippen LogP contribution in [-0.4, -0.2) is 32.5 Å². The molecule has 2 unspecified atom stereocenters. The first-order valence-corrected chi connectivity index (χ1v) is 12.2. The van der Waals surface area contributed by atoms with Gasteiger partial charge >= 0.3 is 0 Å². The molecule has 8 heteroatoms. The van der Waals surface area contributed by atoms with Crippen molar-refractivity contribution in [3.8, 4) is 12.3 Å². The minimum Gasteiger partial charge on any atom is -0.350 e. The van der Waals surface area contributed by atoms with E-state index in [-0.39, 0.29) is 28.2 Å². The van der Waals surface area contributed by atoms with Crippen molar-refractivity contribution in [1.82, 2.24) is 20.1 Å². The van der Waals surface area contributed by atoms with Gasteiger partial charge in [0, 0.05) is 34.4 Å². The molecule has 3 heterocycles. The number of likely N-dealkylation sites (tertiary alicyclic amines) is 1. The van der Waals surface area contributed by atoms with Gasteiger partial charge in [-0.05, 0) is 30.7 Å². The van der Waals surface area contributed by atoms with Gasteiger partial charge in [-0.25, -0.2) is 0 Å². The molecule has 1 aliphatic heterocycles. The number of nitrogens with zero attached hydrogens (tertiary/aromatic N) is 7. The number of rotatable bonds is 4. The first-order valence-electron chi connectivity index (χ1n) is 11.8. The summed E-state index contributed by atoms with van der Waals surface area (Å²) in [5.41, 5.74) is 2.28. The molecule has 7 nitrogen and oxygen atoms in total. The molecule has 0 spiro atoms. The zero-order valence-corrected chi connectivity index (χ0v) is 22.6. The standard InChI is InChI=1S/C27H34ClN7/c1-25(2,3)19-10-9-17(14-29)22(32-19)23-18(15-35(23)24(31-16-30)26(4,5)6)13-27(7,8)20-11-12-21(28)34-33-20/h9-12,18,23H,13,15H2,1-8H3. The largest absolute Gasteiger partial charge is 0.350 e. The van der Waals surface area contributed by atoms with Crippen molar-refractivity contribution in [3.05, 3.63) is 52.1 Å². The molecular weight excluding hydrogens is 458 g/mol. The second-order valence-corrected chi connectivity index (χ2v) is 12.4. The number of pyridine rings is 1. The summed E-state index contributed by atoms with van der Waals surface area (Å²) in [6.07, 6.45) is 2.78. The number of hydrogen-bond acceptors (Lipinski definition) is 6. The lowest BCUT2D eigenvalue weighted by atomic mass is 9.71. The van der Waals surface area contributed by atoms with Crippen LogP contribution < -0.4 is 0 Å². The zero-order valence-electron chi connectivity index (χ0n) is 21.9. The number of hydrogen-bond donors (Lipinski definition) is 0. The summed E-state index contributed by atoms with van der Waals surface area (Å²) in [6, 6.07) is 9.63. The molecule has 0 radical (unpaired) electrons. The lowest BCUT2D eigenvalue weighted by Crippen LogP contribution is -2.57. The second kappa shape index (κ2) is 9.55. The summed E-state index contributed by atoms with van der Waals surface area (Å²) in [6.45, 7) is 17.5. The highest BCUT2D eigenvalue weighted by molar-refractivity contribution is 6.29. The van der Waals surface area contributed by atoms with Crippen molar-refractivity contribution in [2.75, 3.05) is 6.54 Å². The van der Waals surface area contributed by atoms with E-state index in [9.17, 15) is 10.5 Å². The fourth-order valence-electron chi connectivity index (χ4n) is 4.71. The Morgan fingerprint density at radius 2 is 1.69 bits per heavy atom. The quantitative estimate of drug-likeness (QED) is 0.297. The minimum absolute atomic E-state index is 0.168. The van der Waals surface area contributed by atoms with Crippen molar-refractivity contribution in [3.63, 3.8) is 0 Å². The average molecular weight is 492 g/mol. The fourth-order valence-corrected chi connectivity index (χ4v) is 4.81. The zero-order chi connectivity index (χ0) is 26.2. The average Bonchev–Trinajstić information content (AvgIpc) is 2.74. The summed E-state index contributed by atoms with van der Waals surface area (Å²) < 4.78 is 0. The first-order chi connectivity index (χ1) is 16.2. The third kappa shape index (κ3) is 5.63. The van der Waals surface area contributed by atoms with Gasteiger partial charge in [0.2, 0.25) is 6.19 Å². The third-order valence-electron chi connectivity index (χ3n) is 6.50. The molecule has 0 saturated carbocycles. The molecule has 35 heavy (non-hydrogen) atoms. The van der Waals surface area contributed by atoms with E-state index in [1.165, 1.54) is 0 Å². The Morgan fingerprint density at radius 3 is 2.20 bits per heavy atom. The lowest BCUT2D eigenvalue weighted by molar-refractivity contribution is 0.0509. The van der Waals surface area contributed by atoms with Crippen molar-refractivity contribution in [2.45, 2.75) is 78.7 Å². The molecule has 0 N–H and O–H groups in total. The van der Waals surface area contributed by atoms with E-state index < -0.39 is 0 Å². The van der Waals surface area contributed by atoms with Gasteiger partial charge in [0.25, 0.3) is 0 Å². The van der Waals surface area contributed by atoms with Gasteiger partial charge in [0.05, 0.1) is 23.0 Å². The highest BCUT2D eigenvalue weighted by Crippen LogP contribution is 2.47. The van der Waals surface area contributed by atoms with Gasteiger partial charge in [0.1, 0.15) is 11.9 Å². The molecule has 1 saturated heterocycles. The van der Waals surface area contributed by atoms with Gasteiger partial charge in [-0.1, -0.05) is 67.0 Å². The van der Waals surface area contributed by atoms with Crippen LogP contribution in [0.15, 0.2) is 29.3 Å². The summed E-state index contributed by atoms with van der Waals surface area (Å²) in [4.78, 5) is 11.4. The van der Waals surface area contributed by atoms with E-state index in [2.05, 4.69) is 60.8 Å². The highest BCUT2D eigenvalue weighted by Gasteiger charge is 2.48. The van der Waals surface area contributed by atoms with E-state index in [1.54, 1.807) is 6.07 Å². The topological polar surface area (TPSA) is 102 Å². The van der Waals surface area contributed by atoms with Crippen LogP contribution in [0.3, 0.4) is 0 Å². The molecule has 2 aromatic rings. The molecule has 1 aliphatic rings. The summed E-state index contributed by atoms with van der Waals surface area (Å²) in [5, 5.41) is 28.1. The SMILES string of the molecule is CC(C)(C)C(=NC#N)N1CC(CC(C)(C)c2ccc(Cl)nn2)C1c1nc(C(C)(C)C)ccc1C#N. The normalized spacial score (nSPS) is 19.1. The van der Waals surface area contributed by atoms with Gasteiger partial charge < -0.3 is 4.90 Å². The van der Waals surface area contributed by atoms with Crippen LogP contribution in [0.4, 0.5) is 0 Å². The predicted octanol–water partition coefficient (Wildman–Crippen LogP) is 5.96. The van der Waals surface area contributed by atoms with E-state index in [0.29, 0.717) is 23.1 Å². The van der Waals surface area contributed by atoms with Crippen LogP contribution in [0.1, 0.15) is 90.5 Å². The Labute approximate surface area is 213 Å². The van der Waals surface area contributed by atoms with Gasteiger partial charge in [-0.3, -0.25) is 4.98 Å². The Bertz CT molecular complexity index is 1190. The van der Waals surface area contributed by atoms with Crippen LogP contribution in [-0.2, 0) is 10.8 Å². The van der Waals surface area contributed by atoms with E-state index in [0.717, 1.165) is 23.5 Å². The van der Waals surface area contributed by atoms with Gasteiger partial charge in [-0.15, -0.1) is 5.10 Å². The van der Waals surface area contributed by atoms with E-state index >= 15 is 0 Å².